The van der Waals surface area contributed by atoms with Gasteiger partial charge in [-0.05, 0) is 52.3 Å². The first-order valence-electron chi connectivity index (χ1n) is 10.6. The predicted molar refractivity (Wildman–Crippen MR) is 133 cm³/mol. The molecule has 0 unspecified atom stereocenters. The van der Waals surface area contributed by atoms with Crippen LogP contribution in [-0.4, -0.2) is 49.5 Å². The fourth-order valence-corrected chi connectivity index (χ4v) is 4.46. The van der Waals surface area contributed by atoms with E-state index < -0.39 is 34.1 Å². The summed E-state index contributed by atoms with van der Waals surface area (Å²) in [6.07, 6.45) is 1.02. The van der Waals surface area contributed by atoms with Crippen LogP contribution in [-0.2, 0) is 26.2 Å². The Bertz CT molecular complexity index is 1110. The van der Waals surface area contributed by atoms with E-state index in [9.17, 15) is 18.0 Å². The van der Waals surface area contributed by atoms with Gasteiger partial charge in [-0.15, -0.1) is 0 Å². The van der Waals surface area contributed by atoms with Crippen LogP contribution in [0.1, 0.15) is 38.8 Å². The van der Waals surface area contributed by atoms with Crippen molar-refractivity contribution in [1.82, 2.24) is 10.2 Å². The molecule has 7 nitrogen and oxygen atoms in total. The van der Waals surface area contributed by atoms with Crippen molar-refractivity contribution in [2.24, 2.45) is 0 Å². The van der Waals surface area contributed by atoms with Crippen molar-refractivity contribution >= 4 is 39.1 Å². The number of rotatable bonds is 8. The lowest BCUT2D eigenvalue weighted by Gasteiger charge is -2.33. The second kappa shape index (κ2) is 10.6. The van der Waals surface area contributed by atoms with Crippen molar-refractivity contribution < 1.29 is 18.0 Å². The topological polar surface area (TPSA) is 86.8 Å². The summed E-state index contributed by atoms with van der Waals surface area (Å²) in [6, 6.07) is 13.2. The van der Waals surface area contributed by atoms with E-state index in [-0.39, 0.29) is 23.2 Å². The second-order valence-corrected chi connectivity index (χ2v) is 11.5. The lowest BCUT2D eigenvalue weighted by Crippen LogP contribution is -2.54. The average molecular weight is 494 g/mol. The summed E-state index contributed by atoms with van der Waals surface area (Å²) in [7, 11) is -3.82. The number of amides is 2. The minimum absolute atomic E-state index is 0.152. The van der Waals surface area contributed by atoms with Crippen LogP contribution in [0.15, 0.2) is 48.5 Å². The van der Waals surface area contributed by atoms with Crippen LogP contribution < -0.4 is 9.62 Å². The fourth-order valence-electron chi connectivity index (χ4n) is 3.31. The highest BCUT2D eigenvalue weighted by Gasteiger charge is 2.31. The Kier molecular flexibility index (Phi) is 8.54. The van der Waals surface area contributed by atoms with E-state index in [0.29, 0.717) is 0 Å². The predicted octanol–water partition coefficient (Wildman–Crippen LogP) is 3.75. The van der Waals surface area contributed by atoms with Crippen LogP contribution in [0.3, 0.4) is 0 Å². The summed E-state index contributed by atoms with van der Waals surface area (Å²) in [5.74, 6) is -0.842. The molecule has 0 bridgehead atoms. The third kappa shape index (κ3) is 7.75. The van der Waals surface area contributed by atoms with Gasteiger partial charge in [-0.2, -0.15) is 0 Å². The number of carbonyl (C=O) groups is 2. The summed E-state index contributed by atoms with van der Waals surface area (Å²) < 4.78 is 26.1. The number of para-hydroxylation sites is 1. The van der Waals surface area contributed by atoms with Crippen LogP contribution in [0, 0.1) is 6.92 Å². The van der Waals surface area contributed by atoms with Crippen molar-refractivity contribution in [3.8, 4) is 0 Å². The Labute approximate surface area is 201 Å². The zero-order valence-electron chi connectivity index (χ0n) is 19.9. The minimum Gasteiger partial charge on any atom is -0.350 e. The number of hydrogen-bond donors (Lipinski definition) is 1. The Morgan fingerprint density at radius 1 is 1.09 bits per heavy atom. The summed E-state index contributed by atoms with van der Waals surface area (Å²) in [6.45, 7) is 8.80. The lowest BCUT2D eigenvalue weighted by atomic mass is 10.1. The molecule has 2 rings (SSSR count). The molecule has 0 spiro atoms. The van der Waals surface area contributed by atoms with Gasteiger partial charge in [0.05, 0.1) is 17.0 Å². The molecule has 0 heterocycles. The highest BCUT2D eigenvalue weighted by Crippen LogP contribution is 2.27. The van der Waals surface area contributed by atoms with Gasteiger partial charge < -0.3 is 10.2 Å². The highest BCUT2D eigenvalue weighted by atomic mass is 35.5. The smallest absolute Gasteiger partial charge is 0.244 e. The second-order valence-electron chi connectivity index (χ2n) is 9.15. The monoisotopic (exact) mass is 493 g/mol. The normalized spacial score (nSPS) is 12.7. The van der Waals surface area contributed by atoms with Crippen LogP contribution in [0.2, 0.25) is 5.02 Å². The van der Waals surface area contributed by atoms with E-state index in [4.69, 9.17) is 11.6 Å². The van der Waals surface area contributed by atoms with Gasteiger partial charge in [0, 0.05) is 12.1 Å². The first-order valence-corrected chi connectivity index (χ1v) is 12.8. The van der Waals surface area contributed by atoms with Crippen molar-refractivity contribution in [2.75, 3.05) is 17.1 Å². The molecule has 0 fully saturated rings. The SMILES string of the molecule is Cc1cccc(CN(C(=O)CN(c2ccccc2Cl)S(C)(=O)=O)[C@@H](C)C(=O)NC(C)(C)C)c1. The number of aryl methyl sites for hydroxylation is 1. The molecule has 2 aromatic carbocycles. The van der Waals surface area contributed by atoms with E-state index in [1.165, 1.54) is 11.0 Å². The number of sulfonamides is 1. The van der Waals surface area contributed by atoms with Gasteiger partial charge in [0.15, 0.2) is 0 Å². The molecule has 2 aromatic rings. The van der Waals surface area contributed by atoms with E-state index in [0.717, 1.165) is 21.7 Å². The van der Waals surface area contributed by atoms with Crippen molar-refractivity contribution in [1.29, 1.82) is 0 Å². The first-order chi connectivity index (χ1) is 15.2. The Morgan fingerprint density at radius 3 is 2.27 bits per heavy atom. The van der Waals surface area contributed by atoms with Crippen LogP contribution in [0.5, 0.6) is 0 Å². The van der Waals surface area contributed by atoms with Gasteiger partial charge in [0.25, 0.3) is 0 Å². The maximum absolute atomic E-state index is 13.5. The fraction of sp³-hybridized carbons (Fsp3) is 0.417. The molecule has 0 saturated heterocycles. The molecular weight excluding hydrogens is 462 g/mol. The largest absolute Gasteiger partial charge is 0.350 e. The molecule has 33 heavy (non-hydrogen) atoms. The Hall–Kier alpha value is -2.58. The maximum Gasteiger partial charge on any atom is 0.244 e. The quantitative estimate of drug-likeness (QED) is 0.606. The molecule has 0 aliphatic rings. The van der Waals surface area contributed by atoms with Crippen molar-refractivity contribution in [3.05, 3.63) is 64.7 Å². The number of nitrogens with one attached hydrogen (secondary N) is 1. The number of halogens is 1. The summed E-state index contributed by atoms with van der Waals surface area (Å²) in [4.78, 5) is 27.8. The highest BCUT2D eigenvalue weighted by molar-refractivity contribution is 7.92. The van der Waals surface area contributed by atoms with Crippen LogP contribution in [0.25, 0.3) is 0 Å². The zero-order chi connectivity index (χ0) is 25.0. The number of benzene rings is 2. The zero-order valence-corrected chi connectivity index (χ0v) is 21.5. The molecule has 9 heteroatoms. The Balaban J connectivity index is 2.42. The minimum atomic E-state index is -3.82. The van der Waals surface area contributed by atoms with E-state index in [1.54, 1.807) is 25.1 Å². The molecule has 0 aromatic heterocycles. The van der Waals surface area contributed by atoms with Crippen LogP contribution in [0.4, 0.5) is 5.69 Å². The third-order valence-corrected chi connectivity index (χ3v) is 6.35. The van der Waals surface area contributed by atoms with Crippen LogP contribution >= 0.6 is 11.6 Å². The summed E-state index contributed by atoms with van der Waals surface area (Å²) >= 11 is 6.23. The van der Waals surface area contributed by atoms with Crippen molar-refractivity contribution in [2.45, 2.75) is 52.7 Å². The molecule has 0 radical (unpaired) electrons. The van der Waals surface area contributed by atoms with Gasteiger partial charge in [0.1, 0.15) is 12.6 Å². The molecular formula is C24H32ClN3O4S. The summed E-state index contributed by atoms with van der Waals surface area (Å²) in [5.41, 5.74) is 1.57. The third-order valence-electron chi connectivity index (χ3n) is 4.90. The first kappa shape index (κ1) is 26.7. The average Bonchev–Trinajstić information content (AvgIpc) is 2.68. The van der Waals surface area contributed by atoms with E-state index in [1.807, 2.05) is 52.0 Å². The van der Waals surface area contributed by atoms with Gasteiger partial charge in [-0.3, -0.25) is 13.9 Å². The number of hydrogen-bond acceptors (Lipinski definition) is 4. The summed E-state index contributed by atoms with van der Waals surface area (Å²) in [5, 5.41) is 3.10. The number of carbonyl (C=O) groups excluding carboxylic acids is 2. The molecule has 0 saturated carbocycles. The van der Waals surface area contributed by atoms with Gasteiger partial charge in [-0.25, -0.2) is 8.42 Å². The Morgan fingerprint density at radius 2 is 1.73 bits per heavy atom. The van der Waals surface area contributed by atoms with Crippen molar-refractivity contribution in [3.63, 3.8) is 0 Å². The molecule has 2 amide bonds. The number of nitrogens with zero attached hydrogens (tertiary/aromatic N) is 2. The molecule has 0 aliphatic carbocycles. The molecule has 180 valence electrons. The molecule has 1 atom stereocenters. The van der Waals surface area contributed by atoms with Gasteiger partial charge in [-0.1, -0.05) is 53.6 Å². The number of anilines is 1. The van der Waals surface area contributed by atoms with Gasteiger partial charge >= 0.3 is 0 Å². The lowest BCUT2D eigenvalue weighted by molar-refractivity contribution is -0.140. The van der Waals surface area contributed by atoms with E-state index in [2.05, 4.69) is 5.32 Å². The molecule has 1 N–H and O–H groups in total. The van der Waals surface area contributed by atoms with E-state index >= 15 is 0 Å². The molecule has 0 aliphatic heterocycles. The maximum atomic E-state index is 13.5. The standard InChI is InChI=1S/C24H32ClN3O4S/c1-17-10-9-11-19(14-17)15-27(18(2)23(30)26-24(3,4)5)22(29)16-28(33(6,31)32)21-13-8-7-12-20(21)25/h7-14,18H,15-16H2,1-6H3,(H,26,30)/t18-/m0/s1. The van der Waals surface area contributed by atoms with Gasteiger partial charge in [0.2, 0.25) is 21.8 Å².